The van der Waals surface area contributed by atoms with E-state index in [1.807, 2.05) is 6.08 Å². The molecule has 0 radical (unpaired) electrons. The molecule has 1 unspecified atom stereocenters. The molecule has 2 saturated carbocycles. The van der Waals surface area contributed by atoms with Gasteiger partial charge in [0.05, 0.1) is 0 Å². The molecule has 4 aliphatic carbocycles. The molecule has 0 aromatic heterocycles. The number of ketones is 1. The van der Waals surface area contributed by atoms with E-state index >= 15 is 0 Å². The van der Waals surface area contributed by atoms with Crippen LogP contribution in [0.5, 0.6) is 0 Å². The monoisotopic (exact) mass is 448 g/mol. The van der Waals surface area contributed by atoms with Gasteiger partial charge in [-0.1, -0.05) is 31.5 Å². The molecule has 4 rings (SSSR count). The zero-order valence-corrected chi connectivity index (χ0v) is 19.9. The molecule has 4 aliphatic rings. The summed E-state index contributed by atoms with van der Waals surface area (Å²) in [5.74, 6) is 0.147. The molecule has 0 spiro atoms. The second-order valence-electron chi connectivity index (χ2n) is 10.5. The van der Waals surface area contributed by atoms with E-state index in [2.05, 4.69) is 19.9 Å². The Bertz CT molecular complexity index is 890. The quantitative estimate of drug-likeness (QED) is 0.561. The maximum absolute atomic E-state index is 12.8. The fraction of sp³-hybridized carbons (Fsp3) is 0.720. The molecule has 0 heterocycles. The highest BCUT2D eigenvalue weighted by molar-refractivity contribution is 6.32. The molecule has 7 atom stereocenters. The number of fused-ring (bicyclic) bond motifs is 5. The molecular formula is C25H33ClO5. The first-order valence-electron chi connectivity index (χ1n) is 11.4. The summed E-state index contributed by atoms with van der Waals surface area (Å²) < 4.78 is 11.3. The van der Waals surface area contributed by atoms with Crippen LogP contribution in [0.2, 0.25) is 0 Å². The van der Waals surface area contributed by atoms with E-state index in [0.29, 0.717) is 12.3 Å². The van der Waals surface area contributed by atoms with Crippen LogP contribution >= 0.6 is 11.6 Å². The largest absolute Gasteiger partial charge is 0.458 e. The van der Waals surface area contributed by atoms with Gasteiger partial charge in [-0.25, -0.2) is 0 Å². The average molecular weight is 449 g/mol. The summed E-state index contributed by atoms with van der Waals surface area (Å²) >= 11 is 6.86. The van der Waals surface area contributed by atoms with Gasteiger partial charge in [-0.2, -0.15) is 0 Å². The van der Waals surface area contributed by atoms with E-state index in [1.165, 1.54) is 13.8 Å². The lowest BCUT2D eigenvalue weighted by atomic mass is 9.48. The summed E-state index contributed by atoms with van der Waals surface area (Å²) in [6.07, 6.45) is 8.89. The molecule has 2 fully saturated rings. The maximum atomic E-state index is 12.8. The highest BCUT2D eigenvalue weighted by Gasteiger charge is 2.67. The number of allylic oxidation sites excluding steroid dienone is 3. The minimum absolute atomic E-state index is 0.0503. The van der Waals surface area contributed by atoms with Gasteiger partial charge in [0.2, 0.25) is 0 Å². The Morgan fingerprint density at radius 3 is 2.23 bits per heavy atom. The summed E-state index contributed by atoms with van der Waals surface area (Å²) in [6, 6.07) is 0. The van der Waals surface area contributed by atoms with Gasteiger partial charge in [0.25, 0.3) is 0 Å². The zero-order valence-electron chi connectivity index (χ0n) is 19.1. The van der Waals surface area contributed by atoms with E-state index < -0.39 is 17.0 Å². The van der Waals surface area contributed by atoms with Crippen LogP contribution in [0.25, 0.3) is 0 Å². The topological polar surface area (TPSA) is 69.7 Å². The fourth-order valence-corrected chi connectivity index (χ4v) is 8.00. The molecule has 0 aromatic carbocycles. The normalized spacial score (nSPS) is 43.5. The van der Waals surface area contributed by atoms with Crippen molar-refractivity contribution in [3.05, 3.63) is 22.8 Å². The van der Waals surface area contributed by atoms with Crippen LogP contribution in [0.1, 0.15) is 73.1 Å². The van der Waals surface area contributed by atoms with Crippen molar-refractivity contribution in [1.82, 2.24) is 0 Å². The van der Waals surface area contributed by atoms with E-state index in [1.54, 1.807) is 6.92 Å². The van der Waals surface area contributed by atoms with Crippen LogP contribution in [0.3, 0.4) is 0 Å². The Hall–Kier alpha value is -1.62. The molecular weight excluding hydrogens is 416 g/mol. The lowest BCUT2D eigenvalue weighted by Gasteiger charge is -2.58. The van der Waals surface area contributed by atoms with Crippen molar-refractivity contribution < 1.29 is 23.9 Å². The van der Waals surface area contributed by atoms with Gasteiger partial charge in [-0.15, -0.1) is 0 Å². The summed E-state index contributed by atoms with van der Waals surface area (Å²) in [6.45, 7) is 8.82. The van der Waals surface area contributed by atoms with Gasteiger partial charge in [-0.3, -0.25) is 14.4 Å². The smallest absolute Gasteiger partial charge is 0.303 e. The van der Waals surface area contributed by atoms with E-state index in [9.17, 15) is 14.4 Å². The molecule has 170 valence electrons. The van der Waals surface area contributed by atoms with Crippen molar-refractivity contribution in [2.45, 2.75) is 84.8 Å². The molecule has 0 aromatic rings. The summed E-state index contributed by atoms with van der Waals surface area (Å²) in [5, 5.41) is 0.734. The number of halogens is 1. The maximum Gasteiger partial charge on any atom is 0.303 e. The Labute approximate surface area is 189 Å². The number of Topliss-reactive ketones (excluding diaryl/α,β-unsaturated/α-hetero) is 1. The molecule has 0 N–H and O–H groups in total. The minimum atomic E-state index is -1.04. The van der Waals surface area contributed by atoms with Gasteiger partial charge in [0.15, 0.2) is 11.4 Å². The molecule has 0 amide bonds. The van der Waals surface area contributed by atoms with Crippen molar-refractivity contribution in [1.29, 1.82) is 0 Å². The third-order valence-electron chi connectivity index (χ3n) is 8.99. The van der Waals surface area contributed by atoms with Crippen LogP contribution < -0.4 is 0 Å². The number of hydrogen-bond acceptors (Lipinski definition) is 5. The SMILES string of the molecule is CC(=O)O[C@@H]1C=C2C(Cl)=CC3[C@H](CC[C@@]4(C)[C@H]3CC[C@]4(OC(C)=O)C(C)=O)[C@@]2(C)CC1. The van der Waals surface area contributed by atoms with E-state index in [4.69, 9.17) is 21.1 Å². The summed E-state index contributed by atoms with van der Waals surface area (Å²) in [7, 11) is 0. The second-order valence-corrected chi connectivity index (χ2v) is 10.9. The predicted molar refractivity (Wildman–Crippen MR) is 117 cm³/mol. The van der Waals surface area contributed by atoms with Crippen LogP contribution in [-0.2, 0) is 23.9 Å². The van der Waals surface area contributed by atoms with Gasteiger partial charge in [0.1, 0.15) is 6.10 Å². The van der Waals surface area contributed by atoms with Crippen LogP contribution in [0.15, 0.2) is 22.8 Å². The first kappa shape index (κ1) is 22.6. The fourth-order valence-electron chi connectivity index (χ4n) is 7.57. The van der Waals surface area contributed by atoms with Crippen molar-refractivity contribution >= 4 is 29.3 Å². The van der Waals surface area contributed by atoms with E-state index in [0.717, 1.165) is 42.7 Å². The standard InChI is InChI=1S/C25H33ClO5/c1-14(27)25(31-16(3)29)11-8-20-18-13-22(26)21-12-17(30-15(2)28)6-9-23(21,4)19(18)7-10-24(20,25)5/h12-13,17-20H,6-11H2,1-5H3/t17-,18?,19-,20-,23+,24-,25-/m0/s1. The summed E-state index contributed by atoms with van der Waals surface area (Å²) in [4.78, 5) is 36.2. The van der Waals surface area contributed by atoms with E-state index in [-0.39, 0.29) is 35.1 Å². The van der Waals surface area contributed by atoms with Crippen LogP contribution in [0.4, 0.5) is 0 Å². The van der Waals surface area contributed by atoms with Gasteiger partial charge >= 0.3 is 11.9 Å². The lowest BCUT2D eigenvalue weighted by molar-refractivity contribution is -0.185. The van der Waals surface area contributed by atoms with Crippen LogP contribution in [-0.4, -0.2) is 29.4 Å². The van der Waals surface area contributed by atoms with Crippen molar-refractivity contribution in [3.63, 3.8) is 0 Å². The highest BCUT2D eigenvalue weighted by atomic mass is 35.5. The Morgan fingerprint density at radius 2 is 1.61 bits per heavy atom. The van der Waals surface area contributed by atoms with Crippen molar-refractivity contribution in [3.8, 4) is 0 Å². The minimum Gasteiger partial charge on any atom is -0.458 e. The number of carbonyl (C=O) groups is 3. The van der Waals surface area contributed by atoms with Crippen LogP contribution in [0, 0.1) is 28.6 Å². The molecule has 0 aliphatic heterocycles. The third kappa shape index (κ3) is 3.21. The number of carbonyl (C=O) groups excluding carboxylic acids is 3. The van der Waals surface area contributed by atoms with Crippen molar-refractivity contribution in [2.24, 2.45) is 28.6 Å². The molecule has 6 heteroatoms. The number of esters is 2. The highest BCUT2D eigenvalue weighted by Crippen LogP contribution is 2.68. The molecule has 31 heavy (non-hydrogen) atoms. The molecule has 5 nitrogen and oxygen atoms in total. The summed E-state index contributed by atoms with van der Waals surface area (Å²) in [5.41, 5.74) is -0.436. The van der Waals surface area contributed by atoms with Gasteiger partial charge in [-0.05, 0) is 80.3 Å². The predicted octanol–water partition coefficient (Wildman–Crippen LogP) is 5.11. The molecule has 0 saturated heterocycles. The Morgan fingerprint density at radius 1 is 0.935 bits per heavy atom. The number of rotatable bonds is 3. The number of hydrogen-bond donors (Lipinski definition) is 0. The van der Waals surface area contributed by atoms with Gasteiger partial charge in [0, 0.05) is 24.3 Å². The zero-order chi connectivity index (χ0) is 22.8. The number of ether oxygens (including phenoxy) is 2. The Balaban J connectivity index is 1.73. The lowest BCUT2D eigenvalue weighted by Crippen LogP contribution is -2.58. The first-order valence-corrected chi connectivity index (χ1v) is 11.8. The first-order chi connectivity index (χ1) is 14.4. The third-order valence-corrected chi connectivity index (χ3v) is 9.32. The Kier molecular flexibility index (Phi) is 5.44. The second kappa shape index (κ2) is 7.47. The average Bonchev–Trinajstić information content (AvgIpc) is 2.96. The van der Waals surface area contributed by atoms with Crippen molar-refractivity contribution in [2.75, 3.05) is 0 Å². The molecule has 0 bridgehead atoms. The van der Waals surface area contributed by atoms with Gasteiger partial charge < -0.3 is 9.47 Å².